The van der Waals surface area contributed by atoms with Crippen LogP contribution in [0.5, 0.6) is 0 Å². The van der Waals surface area contributed by atoms with Crippen LogP contribution in [0.1, 0.15) is 17.5 Å². The minimum absolute atomic E-state index is 0.158. The van der Waals surface area contributed by atoms with Crippen LogP contribution in [0.4, 0.5) is 0 Å². The van der Waals surface area contributed by atoms with Crippen molar-refractivity contribution in [3.05, 3.63) is 71.8 Å². The normalized spacial score (nSPS) is 9.41. The average Bonchev–Trinajstić information content (AvgIpc) is 2.72. The Morgan fingerprint density at radius 2 is 1.15 bits per heavy atom. The molecule has 0 aliphatic rings. The van der Waals surface area contributed by atoms with Crippen molar-refractivity contribution in [3.63, 3.8) is 0 Å². The molecule has 0 unspecified atom stereocenters. The van der Waals surface area contributed by atoms with Gasteiger partial charge in [-0.05, 0) is 11.1 Å². The number of methoxy groups -OCH3 is 1. The Hall–Kier alpha value is -2.67. The SMILES string of the molecule is COC(=O)CBr.O=C(CC(=O)OCc1ccccc1)OCc1ccccc1. The Kier molecular flexibility index (Phi) is 11.2. The van der Waals surface area contributed by atoms with Gasteiger partial charge in [0.2, 0.25) is 0 Å². The fourth-order valence-corrected chi connectivity index (χ4v) is 1.98. The minimum Gasteiger partial charge on any atom is -0.468 e. The van der Waals surface area contributed by atoms with Crippen LogP contribution in [-0.2, 0) is 41.8 Å². The van der Waals surface area contributed by atoms with Crippen LogP contribution in [0, 0.1) is 0 Å². The molecule has 0 aliphatic carbocycles. The molecule has 0 spiro atoms. The van der Waals surface area contributed by atoms with E-state index < -0.39 is 11.9 Å². The van der Waals surface area contributed by atoms with Crippen molar-refractivity contribution in [2.24, 2.45) is 0 Å². The highest BCUT2D eigenvalue weighted by Crippen LogP contribution is 2.04. The first-order chi connectivity index (χ1) is 13.0. The molecule has 0 saturated carbocycles. The topological polar surface area (TPSA) is 78.9 Å². The first-order valence-electron chi connectivity index (χ1n) is 8.07. The molecule has 0 aliphatic heterocycles. The predicted molar refractivity (Wildman–Crippen MR) is 103 cm³/mol. The molecule has 2 rings (SSSR count). The second kappa shape index (κ2) is 13.5. The van der Waals surface area contributed by atoms with Crippen molar-refractivity contribution in [1.82, 2.24) is 0 Å². The Bertz CT molecular complexity index is 643. The number of hydrogen-bond acceptors (Lipinski definition) is 6. The van der Waals surface area contributed by atoms with Gasteiger partial charge in [0.25, 0.3) is 0 Å². The minimum atomic E-state index is -0.586. The zero-order valence-corrected chi connectivity index (χ0v) is 16.5. The Morgan fingerprint density at radius 3 is 1.44 bits per heavy atom. The number of hydrogen-bond donors (Lipinski definition) is 0. The summed E-state index contributed by atoms with van der Waals surface area (Å²) in [4.78, 5) is 32.9. The van der Waals surface area contributed by atoms with Gasteiger partial charge in [-0.3, -0.25) is 14.4 Å². The van der Waals surface area contributed by atoms with E-state index in [1.54, 1.807) is 0 Å². The van der Waals surface area contributed by atoms with Crippen molar-refractivity contribution < 1.29 is 28.6 Å². The van der Waals surface area contributed by atoms with Crippen LogP contribution in [0.2, 0.25) is 0 Å². The lowest BCUT2D eigenvalue weighted by atomic mass is 10.2. The molecule has 0 radical (unpaired) electrons. The zero-order valence-electron chi connectivity index (χ0n) is 14.9. The summed E-state index contributed by atoms with van der Waals surface area (Å²) in [7, 11) is 1.35. The highest BCUT2D eigenvalue weighted by Gasteiger charge is 2.12. The highest BCUT2D eigenvalue weighted by atomic mass is 79.9. The summed E-state index contributed by atoms with van der Waals surface area (Å²) in [6, 6.07) is 18.6. The Morgan fingerprint density at radius 1 is 0.741 bits per heavy atom. The van der Waals surface area contributed by atoms with Gasteiger partial charge < -0.3 is 14.2 Å². The van der Waals surface area contributed by atoms with E-state index in [4.69, 9.17) is 9.47 Å². The third kappa shape index (κ3) is 10.8. The number of rotatable bonds is 7. The van der Waals surface area contributed by atoms with E-state index in [1.165, 1.54) is 7.11 Å². The highest BCUT2D eigenvalue weighted by molar-refractivity contribution is 9.09. The molecule has 144 valence electrons. The number of benzene rings is 2. The lowest BCUT2D eigenvalue weighted by molar-refractivity contribution is -0.156. The molecule has 0 amide bonds. The quantitative estimate of drug-likeness (QED) is 0.286. The second-order valence-electron chi connectivity index (χ2n) is 5.18. The number of esters is 3. The van der Waals surface area contributed by atoms with Gasteiger partial charge in [-0.2, -0.15) is 0 Å². The average molecular weight is 437 g/mol. The first-order valence-corrected chi connectivity index (χ1v) is 9.19. The maximum atomic E-state index is 11.5. The molecule has 6 nitrogen and oxygen atoms in total. The molecular formula is C20H21BrO6. The van der Waals surface area contributed by atoms with Crippen LogP contribution in [0.15, 0.2) is 60.7 Å². The van der Waals surface area contributed by atoms with E-state index in [1.807, 2.05) is 60.7 Å². The summed E-state index contributed by atoms with van der Waals surface area (Å²) in [5, 5.41) is 0.281. The molecule has 0 fully saturated rings. The third-order valence-electron chi connectivity index (χ3n) is 3.11. The molecule has 0 atom stereocenters. The van der Waals surface area contributed by atoms with E-state index in [9.17, 15) is 14.4 Å². The smallest absolute Gasteiger partial charge is 0.317 e. The first kappa shape index (κ1) is 22.4. The maximum absolute atomic E-state index is 11.5. The van der Waals surface area contributed by atoms with Gasteiger partial charge in [0, 0.05) is 0 Å². The van der Waals surface area contributed by atoms with Crippen LogP contribution in [0.25, 0.3) is 0 Å². The molecule has 2 aromatic rings. The van der Waals surface area contributed by atoms with E-state index in [0.29, 0.717) is 0 Å². The van der Waals surface area contributed by atoms with Crippen molar-refractivity contribution in [3.8, 4) is 0 Å². The van der Waals surface area contributed by atoms with Crippen LogP contribution in [0.3, 0.4) is 0 Å². The summed E-state index contributed by atoms with van der Waals surface area (Å²) in [5.41, 5.74) is 1.76. The van der Waals surface area contributed by atoms with Crippen LogP contribution < -0.4 is 0 Å². The number of alkyl halides is 1. The Labute approximate surface area is 166 Å². The zero-order chi connectivity index (χ0) is 19.9. The predicted octanol–water partition coefficient (Wildman–Crippen LogP) is 3.42. The van der Waals surface area contributed by atoms with Crippen molar-refractivity contribution in [2.75, 3.05) is 12.4 Å². The van der Waals surface area contributed by atoms with Gasteiger partial charge in [0.1, 0.15) is 25.0 Å². The number of carbonyl (C=O) groups excluding carboxylic acids is 3. The summed E-state index contributed by atoms with van der Waals surface area (Å²) >= 11 is 2.90. The molecule has 0 bridgehead atoms. The third-order valence-corrected chi connectivity index (χ3v) is 3.57. The van der Waals surface area contributed by atoms with E-state index in [-0.39, 0.29) is 30.9 Å². The summed E-state index contributed by atoms with van der Waals surface area (Å²) in [5.74, 6) is -1.41. The summed E-state index contributed by atoms with van der Waals surface area (Å²) in [6.45, 7) is 0.317. The fraction of sp³-hybridized carbons (Fsp3) is 0.250. The summed E-state index contributed by atoms with van der Waals surface area (Å²) in [6.07, 6.45) is -0.375. The van der Waals surface area contributed by atoms with Gasteiger partial charge in [-0.1, -0.05) is 76.6 Å². The van der Waals surface area contributed by atoms with Gasteiger partial charge in [0.15, 0.2) is 0 Å². The second-order valence-corrected chi connectivity index (χ2v) is 5.74. The molecule has 27 heavy (non-hydrogen) atoms. The molecule has 2 aromatic carbocycles. The molecular weight excluding hydrogens is 416 g/mol. The monoisotopic (exact) mass is 436 g/mol. The molecule has 7 heteroatoms. The lowest BCUT2D eigenvalue weighted by Crippen LogP contribution is -2.13. The molecule has 0 aromatic heterocycles. The van der Waals surface area contributed by atoms with Gasteiger partial charge in [0.05, 0.1) is 7.11 Å². The van der Waals surface area contributed by atoms with E-state index in [2.05, 4.69) is 20.7 Å². The van der Waals surface area contributed by atoms with Crippen LogP contribution in [-0.4, -0.2) is 30.3 Å². The van der Waals surface area contributed by atoms with Gasteiger partial charge in [-0.25, -0.2) is 0 Å². The van der Waals surface area contributed by atoms with Crippen molar-refractivity contribution in [1.29, 1.82) is 0 Å². The maximum Gasteiger partial charge on any atom is 0.317 e. The van der Waals surface area contributed by atoms with Gasteiger partial charge >= 0.3 is 17.9 Å². The van der Waals surface area contributed by atoms with Gasteiger partial charge in [-0.15, -0.1) is 0 Å². The fourth-order valence-electron chi connectivity index (χ4n) is 1.75. The Balaban J connectivity index is 0.000000527. The largest absolute Gasteiger partial charge is 0.468 e. The number of ether oxygens (including phenoxy) is 3. The molecule has 0 N–H and O–H groups in total. The standard InChI is InChI=1S/C17H16O4.C3H5BrO2/c18-16(20-12-14-7-3-1-4-8-14)11-17(19)21-13-15-9-5-2-6-10-15;1-6-3(5)2-4/h1-10H,11-13H2;2H2,1H3. The number of halogens is 1. The van der Waals surface area contributed by atoms with E-state index in [0.717, 1.165) is 11.1 Å². The van der Waals surface area contributed by atoms with E-state index >= 15 is 0 Å². The van der Waals surface area contributed by atoms with Crippen LogP contribution >= 0.6 is 15.9 Å². The lowest BCUT2D eigenvalue weighted by Gasteiger charge is -2.06. The summed E-state index contributed by atoms with van der Waals surface area (Å²) < 4.78 is 14.2. The number of carbonyl (C=O) groups is 3. The van der Waals surface area contributed by atoms with Crippen molar-refractivity contribution >= 4 is 33.8 Å². The molecule has 0 saturated heterocycles. The van der Waals surface area contributed by atoms with Crippen molar-refractivity contribution in [2.45, 2.75) is 19.6 Å². The molecule has 0 heterocycles.